The van der Waals surface area contributed by atoms with E-state index in [4.69, 9.17) is 14.0 Å². The van der Waals surface area contributed by atoms with Gasteiger partial charge in [0.15, 0.2) is 11.5 Å². The van der Waals surface area contributed by atoms with Crippen LogP contribution in [0.15, 0.2) is 47.0 Å². The van der Waals surface area contributed by atoms with Crippen LogP contribution < -0.4 is 14.2 Å². The molecule has 1 N–H and O–H groups in total. The molecule has 0 amide bonds. The van der Waals surface area contributed by atoms with Crippen LogP contribution in [0.3, 0.4) is 0 Å². The third-order valence-electron chi connectivity index (χ3n) is 4.22. The van der Waals surface area contributed by atoms with Gasteiger partial charge in [-0.1, -0.05) is 30.6 Å². The molecule has 0 aliphatic heterocycles. The van der Waals surface area contributed by atoms with Crippen LogP contribution >= 0.6 is 0 Å². The summed E-state index contributed by atoms with van der Waals surface area (Å²) in [4.78, 5) is 4.42. The number of anilines is 1. The van der Waals surface area contributed by atoms with Gasteiger partial charge in [-0.05, 0) is 36.8 Å². The number of aromatic nitrogens is 2. The third kappa shape index (κ3) is 5.05. The molecule has 9 heteroatoms. The maximum Gasteiger partial charge on any atom is 0.258 e. The van der Waals surface area contributed by atoms with E-state index in [-0.39, 0.29) is 5.75 Å². The number of rotatable bonds is 9. The van der Waals surface area contributed by atoms with Gasteiger partial charge in [-0.25, -0.2) is 8.42 Å². The van der Waals surface area contributed by atoms with Gasteiger partial charge in [0, 0.05) is 16.8 Å². The largest absolute Gasteiger partial charge is 0.493 e. The van der Waals surface area contributed by atoms with E-state index >= 15 is 0 Å². The maximum absolute atomic E-state index is 12.1. The zero-order valence-electron chi connectivity index (χ0n) is 16.5. The average molecular weight is 417 g/mol. The van der Waals surface area contributed by atoms with E-state index < -0.39 is 10.0 Å². The molecule has 0 saturated heterocycles. The highest BCUT2D eigenvalue weighted by Crippen LogP contribution is 2.32. The number of nitrogens with one attached hydrogen (secondary N) is 1. The Bertz CT molecular complexity index is 1080. The molecule has 0 unspecified atom stereocenters. The van der Waals surface area contributed by atoms with Crippen LogP contribution in [0, 0.1) is 0 Å². The molecule has 1 aromatic heterocycles. The van der Waals surface area contributed by atoms with Crippen molar-refractivity contribution in [3.05, 3.63) is 42.5 Å². The molecule has 3 rings (SSSR count). The molecule has 0 aliphatic rings. The number of nitrogens with zero attached hydrogens (tertiary/aromatic N) is 2. The van der Waals surface area contributed by atoms with Gasteiger partial charge in [-0.15, -0.1) is 0 Å². The summed E-state index contributed by atoms with van der Waals surface area (Å²) >= 11 is 0. The van der Waals surface area contributed by atoms with Crippen molar-refractivity contribution in [2.24, 2.45) is 0 Å². The molecule has 0 fully saturated rings. The van der Waals surface area contributed by atoms with Crippen LogP contribution in [0.2, 0.25) is 0 Å². The van der Waals surface area contributed by atoms with Crippen LogP contribution in [-0.2, 0) is 10.0 Å². The van der Waals surface area contributed by atoms with E-state index in [0.717, 1.165) is 6.42 Å². The Hall–Kier alpha value is -3.07. The van der Waals surface area contributed by atoms with E-state index in [1.807, 2.05) is 6.92 Å². The minimum absolute atomic E-state index is 0.0827. The summed E-state index contributed by atoms with van der Waals surface area (Å²) in [5, 5.41) is 4.01. The molecule has 1 heterocycles. The second-order valence-electron chi connectivity index (χ2n) is 6.35. The predicted octanol–water partition coefficient (Wildman–Crippen LogP) is 3.96. The molecular formula is C20H23N3O5S. The highest BCUT2D eigenvalue weighted by atomic mass is 32.2. The van der Waals surface area contributed by atoms with Gasteiger partial charge in [0.25, 0.3) is 5.89 Å². The first-order chi connectivity index (χ1) is 14.0. The lowest BCUT2D eigenvalue weighted by atomic mass is 10.2. The Balaban J connectivity index is 1.84. The summed E-state index contributed by atoms with van der Waals surface area (Å²) in [7, 11) is -0.277. The molecule has 0 atom stereocenters. The summed E-state index contributed by atoms with van der Waals surface area (Å²) in [6, 6.07) is 12.2. The number of hydrogen-bond acceptors (Lipinski definition) is 7. The van der Waals surface area contributed by atoms with Crippen molar-refractivity contribution in [2.45, 2.75) is 19.8 Å². The van der Waals surface area contributed by atoms with Crippen molar-refractivity contribution in [1.29, 1.82) is 0 Å². The number of unbranched alkanes of at least 4 members (excludes halogenated alkanes) is 1. The first kappa shape index (κ1) is 20.7. The Morgan fingerprint density at radius 2 is 1.83 bits per heavy atom. The van der Waals surface area contributed by atoms with Crippen LogP contribution in [0.25, 0.3) is 22.8 Å². The Labute approximate surface area is 169 Å². The van der Waals surface area contributed by atoms with E-state index in [1.54, 1.807) is 56.7 Å². The van der Waals surface area contributed by atoms with Crippen LogP contribution in [0.5, 0.6) is 11.5 Å². The highest BCUT2D eigenvalue weighted by molar-refractivity contribution is 7.92. The normalized spacial score (nSPS) is 11.3. The highest BCUT2D eigenvalue weighted by Gasteiger charge is 2.15. The van der Waals surface area contributed by atoms with Gasteiger partial charge in [0.05, 0.1) is 20.0 Å². The molecule has 2 aromatic carbocycles. The fourth-order valence-corrected chi connectivity index (χ4v) is 3.97. The molecule has 0 spiro atoms. The van der Waals surface area contributed by atoms with Gasteiger partial charge in [-0.2, -0.15) is 4.98 Å². The number of sulfonamides is 1. The van der Waals surface area contributed by atoms with Crippen LogP contribution in [0.4, 0.5) is 5.69 Å². The number of methoxy groups -OCH3 is 2. The minimum Gasteiger partial charge on any atom is -0.493 e. The standard InChI is InChI=1S/C20H23N3O5S/c1-4-5-11-29(24,25)23-16-8-6-7-14(12-16)19-21-20(28-22-19)15-9-10-17(26-2)18(13-15)27-3/h6-10,12-13,23H,4-5,11H2,1-3H3. The number of benzene rings is 2. The zero-order chi connectivity index (χ0) is 20.9. The van der Waals surface area contributed by atoms with Gasteiger partial charge >= 0.3 is 0 Å². The summed E-state index contributed by atoms with van der Waals surface area (Å²) in [6.07, 6.45) is 1.41. The summed E-state index contributed by atoms with van der Waals surface area (Å²) in [5.74, 6) is 1.89. The Morgan fingerprint density at radius 1 is 1.03 bits per heavy atom. The third-order valence-corrected chi connectivity index (χ3v) is 5.59. The molecule has 3 aromatic rings. The van der Waals surface area contributed by atoms with Gasteiger partial charge < -0.3 is 14.0 Å². The van der Waals surface area contributed by atoms with Crippen molar-refractivity contribution in [3.8, 4) is 34.3 Å². The summed E-state index contributed by atoms with van der Waals surface area (Å²) in [5.41, 5.74) is 1.77. The lowest BCUT2D eigenvalue weighted by Crippen LogP contribution is -2.16. The van der Waals surface area contributed by atoms with Crippen LogP contribution in [0.1, 0.15) is 19.8 Å². The molecule has 154 valence electrons. The minimum atomic E-state index is -3.39. The molecular weight excluding hydrogens is 394 g/mol. The van der Waals surface area contributed by atoms with Crippen molar-refractivity contribution >= 4 is 15.7 Å². The zero-order valence-corrected chi connectivity index (χ0v) is 17.3. The smallest absolute Gasteiger partial charge is 0.258 e. The van der Waals surface area contributed by atoms with Gasteiger partial charge in [-0.3, -0.25) is 4.72 Å². The van der Waals surface area contributed by atoms with Crippen molar-refractivity contribution in [1.82, 2.24) is 10.1 Å². The van der Waals surface area contributed by atoms with Gasteiger partial charge in [0.2, 0.25) is 15.8 Å². The van der Waals surface area contributed by atoms with Crippen molar-refractivity contribution < 1.29 is 22.4 Å². The summed E-state index contributed by atoms with van der Waals surface area (Å²) < 4.78 is 42.7. The number of hydrogen-bond donors (Lipinski definition) is 1. The summed E-state index contributed by atoms with van der Waals surface area (Å²) in [6.45, 7) is 1.95. The van der Waals surface area contributed by atoms with E-state index in [9.17, 15) is 8.42 Å². The van der Waals surface area contributed by atoms with E-state index in [0.29, 0.717) is 46.4 Å². The fourth-order valence-electron chi connectivity index (χ4n) is 2.71. The van der Waals surface area contributed by atoms with E-state index in [1.165, 1.54) is 0 Å². The topological polar surface area (TPSA) is 104 Å². The lowest BCUT2D eigenvalue weighted by Gasteiger charge is -2.08. The van der Waals surface area contributed by atoms with Gasteiger partial charge in [0.1, 0.15) is 0 Å². The van der Waals surface area contributed by atoms with Crippen molar-refractivity contribution in [2.75, 3.05) is 24.7 Å². The molecule has 0 aliphatic carbocycles. The van der Waals surface area contributed by atoms with Crippen LogP contribution in [-0.4, -0.2) is 38.5 Å². The quantitative estimate of drug-likeness (QED) is 0.562. The number of ether oxygens (including phenoxy) is 2. The monoisotopic (exact) mass is 417 g/mol. The Morgan fingerprint density at radius 3 is 2.55 bits per heavy atom. The molecule has 29 heavy (non-hydrogen) atoms. The average Bonchev–Trinajstić information content (AvgIpc) is 3.22. The fraction of sp³-hybridized carbons (Fsp3) is 0.300. The molecule has 0 bridgehead atoms. The van der Waals surface area contributed by atoms with E-state index in [2.05, 4.69) is 14.9 Å². The molecule has 0 saturated carbocycles. The lowest BCUT2D eigenvalue weighted by molar-refractivity contribution is 0.355. The second kappa shape index (κ2) is 8.95. The SMILES string of the molecule is CCCCS(=O)(=O)Nc1cccc(-c2noc(-c3ccc(OC)c(OC)c3)n2)c1. The first-order valence-corrected chi connectivity index (χ1v) is 10.8. The van der Waals surface area contributed by atoms with Crippen molar-refractivity contribution in [3.63, 3.8) is 0 Å². The molecule has 0 radical (unpaired) electrons. The predicted molar refractivity (Wildman–Crippen MR) is 111 cm³/mol. The maximum atomic E-state index is 12.1. The first-order valence-electron chi connectivity index (χ1n) is 9.12. The molecule has 8 nitrogen and oxygen atoms in total. The second-order valence-corrected chi connectivity index (χ2v) is 8.19. The Kier molecular flexibility index (Phi) is 6.38.